The molecule has 1 amide bonds. The SMILES string of the molecule is C[C@@H]1C[C@@H](C)CN(S(=O)(=O)c2ccc(C(=O)Nc3sc4c(c3C#N)CCCC4)cc2)C1. The fourth-order valence-corrected chi connectivity index (χ4v) is 7.59. The van der Waals surface area contributed by atoms with Crippen molar-refractivity contribution in [2.45, 2.75) is 50.8 Å². The number of hydrogen-bond acceptors (Lipinski definition) is 5. The number of thiophene rings is 1. The molecule has 0 saturated carbocycles. The predicted molar refractivity (Wildman–Crippen MR) is 122 cm³/mol. The number of benzene rings is 1. The van der Waals surface area contributed by atoms with Crippen LogP contribution in [0.5, 0.6) is 0 Å². The van der Waals surface area contributed by atoms with Crippen molar-refractivity contribution < 1.29 is 13.2 Å². The van der Waals surface area contributed by atoms with E-state index in [0.717, 1.165) is 37.7 Å². The van der Waals surface area contributed by atoms with Gasteiger partial charge >= 0.3 is 0 Å². The highest BCUT2D eigenvalue weighted by Crippen LogP contribution is 2.37. The van der Waals surface area contributed by atoms with Crippen LogP contribution in [0.3, 0.4) is 0 Å². The van der Waals surface area contributed by atoms with Crippen LogP contribution in [0.2, 0.25) is 0 Å². The molecule has 0 unspecified atom stereocenters. The molecule has 164 valence electrons. The summed E-state index contributed by atoms with van der Waals surface area (Å²) in [4.78, 5) is 14.2. The van der Waals surface area contributed by atoms with Gasteiger partial charge in [-0.15, -0.1) is 11.3 Å². The second-order valence-corrected chi connectivity index (χ2v) is 11.8. The number of nitriles is 1. The molecule has 6 nitrogen and oxygen atoms in total. The number of hydrogen-bond donors (Lipinski definition) is 1. The van der Waals surface area contributed by atoms with E-state index in [9.17, 15) is 18.5 Å². The number of sulfonamides is 1. The van der Waals surface area contributed by atoms with Crippen molar-refractivity contribution in [2.24, 2.45) is 11.8 Å². The number of anilines is 1. The summed E-state index contributed by atoms with van der Waals surface area (Å²) in [5.74, 6) is 0.323. The smallest absolute Gasteiger partial charge is 0.256 e. The van der Waals surface area contributed by atoms with Gasteiger partial charge in [-0.1, -0.05) is 13.8 Å². The topological polar surface area (TPSA) is 90.3 Å². The zero-order chi connectivity index (χ0) is 22.2. The largest absolute Gasteiger partial charge is 0.312 e. The van der Waals surface area contributed by atoms with Crippen LogP contribution < -0.4 is 5.32 Å². The molecule has 1 N–H and O–H groups in total. The van der Waals surface area contributed by atoms with Gasteiger partial charge in [0.25, 0.3) is 5.91 Å². The molecule has 8 heteroatoms. The Labute approximate surface area is 187 Å². The van der Waals surface area contributed by atoms with Gasteiger partial charge in [0.2, 0.25) is 10.0 Å². The summed E-state index contributed by atoms with van der Waals surface area (Å²) >= 11 is 1.48. The Bertz CT molecular complexity index is 1120. The molecule has 1 aliphatic carbocycles. The average Bonchev–Trinajstić information content (AvgIpc) is 3.10. The number of fused-ring (bicyclic) bond motifs is 1. The maximum absolute atomic E-state index is 13.0. The van der Waals surface area contributed by atoms with Crippen LogP contribution >= 0.6 is 11.3 Å². The molecule has 1 aromatic heterocycles. The first-order chi connectivity index (χ1) is 14.8. The van der Waals surface area contributed by atoms with Gasteiger partial charge in [-0.05, 0) is 73.8 Å². The van der Waals surface area contributed by atoms with E-state index >= 15 is 0 Å². The third-order valence-electron chi connectivity index (χ3n) is 6.10. The predicted octanol–water partition coefficient (Wildman–Crippen LogP) is 4.42. The molecule has 4 rings (SSSR count). The van der Waals surface area contributed by atoms with Crippen molar-refractivity contribution in [3.05, 3.63) is 45.8 Å². The Morgan fingerprint density at radius 1 is 1.13 bits per heavy atom. The Balaban J connectivity index is 1.52. The number of piperidine rings is 1. The number of carbonyl (C=O) groups is 1. The van der Waals surface area contributed by atoms with Gasteiger partial charge in [0.1, 0.15) is 11.1 Å². The summed E-state index contributed by atoms with van der Waals surface area (Å²) in [5.41, 5.74) is 2.01. The fourth-order valence-electron chi connectivity index (χ4n) is 4.68. The fraction of sp³-hybridized carbons (Fsp3) is 0.478. The van der Waals surface area contributed by atoms with Gasteiger partial charge in [-0.3, -0.25) is 4.79 Å². The number of nitrogens with one attached hydrogen (secondary N) is 1. The molecule has 1 fully saturated rings. The van der Waals surface area contributed by atoms with Gasteiger partial charge in [0, 0.05) is 23.5 Å². The normalized spacial score (nSPS) is 21.8. The number of carbonyl (C=O) groups excluding carboxylic acids is 1. The van der Waals surface area contributed by atoms with Gasteiger partial charge in [0.05, 0.1) is 10.5 Å². The lowest BCUT2D eigenvalue weighted by molar-refractivity contribution is 0.102. The number of aryl methyl sites for hydroxylation is 1. The molecule has 1 saturated heterocycles. The van der Waals surface area contributed by atoms with E-state index in [4.69, 9.17) is 0 Å². The standard InChI is InChI=1S/C23H27N3O3S2/c1-15-11-16(2)14-26(13-15)31(28,29)18-9-7-17(8-10-18)22(27)25-23-20(12-24)19-5-3-4-6-21(19)30-23/h7-10,15-16H,3-6,11,13-14H2,1-2H3,(H,25,27)/t15-,16-/m1/s1. The first-order valence-corrected chi connectivity index (χ1v) is 13.0. The Morgan fingerprint density at radius 2 is 1.77 bits per heavy atom. The molecule has 2 aliphatic rings. The summed E-state index contributed by atoms with van der Waals surface area (Å²) in [6.07, 6.45) is 5.03. The van der Waals surface area contributed by atoms with Crippen LogP contribution in [0, 0.1) is 23.2 Å². The number of rotatable bonds is 4. The lowest BCUT2D eigenvalue weighted by Gasteiger charge is -2.34. The van der Waals surface area contributed by atoms with E-state index in [1.807, 2.05) is 0 Å². The second-order valence-electron chi connectivity index (χ2n) is 8.77. The minimum atomic E-state index is -3.58. The van der Waals surface area contributed by atoms with Gasteiger partial charge < -0.3 is 5.32 Å². The van der Waals surface area contributed by atoms with Gasteiger partial charge in [-0.25, -0.2) is 8.42 Å². The maximum atomic E-state index is 13.0. The van der Waals surface area contributed by atoms with E-state index in [0.29, 0.717) is 41.1 Å². The van der Waals surface area contributed by atoms with E-state index in [2.05, 4.69) is 25.2 Å². The average molecular weight is 458 g/mol. The van der Waals surface area contributed by atoms with Gasteiger partial charge in [0.15, 0.2) is 0 Å². The highest BCUT2D eigenvalue weighted by atomic mass is 32.2. The molecule has 1 aromatic carbocycles. The summed E-state index contributed by atoms with van der Waals surface area (Å²) in [5, 5.41) is 13.0. The summed E-state index contributed by atoms with van der Waals surface area (Å²) in [6, 6.07) is 8.32. The third-order valence-corrected chi connectivity index (χ3v) is 9.15. The molecule has 0 radical (unpaired) electrons. The molecule has 2 heterocycles. The Hall–Kier alpha value is -2.21. The highest BCUT2D eigenvalue weighted by Gasteiger charge is 2.31. The molecule has 0 bridgehead atoms. The van der Waals surface area contributed by atoms with Crippen molar-refractivity contribution in [1.29, 1.82) is 5.26 Å². The summed E-state index contributed by atoms with van der Waals surface area (Å²) in [7, 11) is -3.58. The van der Waals surface area contributed by atoms with Crippen molar-refractivity contribution in [2.75, 3.05) is 18.4 Å². The monoisotopic (exact) mass is 457 g/mol. The number of nitrogens with zero attached hydrogens (tertiary/aromatic N) is 2. The van der Waals surface area contributed by atoms with E-state index < -0.39 is 10.0 Å². The van der Waals surface area contributed by atoms with Crippen LogP contribution in [-0.2, 0) is 22.9 Å². The first kappa shape index (κ1) is 22.0. The summed E-state index contributed by atoms with van der Waals surface area (Å²) in [6.45, 7) is 5.19. The van der Waals surface area contributed by atoms with Crippen molar-refractivity contribution in [1.82, 2.24) is 4.31 Å². The van der Waals surface area contributed by atoms with Crippen LogP contribution in [0.4, 0.5) is 5.00 Å². The molecule has 0 spiro atoms. The van der Waals surface area contributed by atoms with Crippen molar-refractivity contribution in [3.8, 4) is 6.07 Å². The third kappa shape index (κ3) is 4.40. The molecule has 2 atom stereocenters. The molecule has 1 aliphatic heterocycles. The Kier molecular flexibility index (Phi) is 6.20. The summed E-state index contributed by atoms with van der Waals surface area (Å²) < 4.78 is 27.6. The zero-order valence-electron chi connectivity index (χ0n) is 17.8. The molecular formula is C23H27N3O3S2. The van der Waals surface area contributed by atoms with Crippen LogP contribution in [0.1, 0.15) is 59.5 Å². The minimum absolute atomic E-state index is 0.203. The number of amides is 1. The van der Waals surface area contributed by atoms with E-state index in [1.54, 1.807) is 16.4 Å². The quantitative estimate of drug-likeness (QED) is 0.736. The second kappa shape index (κ2) is 8.73. The maximum Gasteiger partial charge on any atom is 0.256 e. The lowest BCUT2D eigenvalue weighted by atomic mass is 9.94. The Morgan fingerprint density at radius 3 is 2.42 bits per heavy atom. The van der Waals surface area contributed by atoms with Crippen LogP contribution in [-0.4, -0.2) is 31.7 Å². The molecule has 31 heavy (non-hydrogen) atoms. The lowest BCUT2D eigenvalue weighted by Crippen LogP contribution is -2.42. The van der Waals surface area contributed by atoms with Crippen molar-refractivity contribution >= 4 is 32.3 Å². The first-order valence-electron chi connectivity index (χ1n) is 10.8. The van der Waals surface area contributed by atoms with Gasteiger partial charge in [-0.2, -0.15) is 9.57 Å². The molecular weight excluding hydrogens is 430 g/mol. The zero-order valence-corrected chi connectivity index (χ0v) is 19.5. The van der Waals surface area contributed by atoms with Crippen LogP contribution in [0.15, 0.2) is 29.2 Å². The van der Waals surface area contributed by atoms with E-state index in [-0.39, 0.29) is 10.8 Å². The molecule has 2 aromatic rings. The van der Waals surface area contributed by atoms with E-state index in [1.165, 1.54) is 28.3 Å². The minimum Gasteiger partial charge on any atom is -0.312 e. The van der Waals surface area contributed by atoms with Crippen LogP contribution in [0.25, 0.3) is 0 Å². The van der Waals surface area contributed by atoms with Crippen molar-refractivity contribution in [3.63, 3.8) is 0 Å². The highest BCUT2D eigenvalue weighted by molar-refractivity contribution is 7.89.